The van der Waals surface area contributed by atoms with E-state index in [4.69, 9.17) is 6.42 Å². The Hall–Kier alpha value is -1.55. The summed E-state index contributed by atoms with van der Waals surface area (Å²) in [6.45, 7) is 6.51. The van der Waals surface area contributed by atoms with E-state index in [1.807, 2.05) is 6.07 Å². The minimum Gasteiger partial charge on any atom is -0.257 e. The zero-order valence-corrected chi connectivity index (χ0v) is 10.8. The maximum Gasteiger partial charge on any atom is 0.0671 e. The average Bonchev–Trinajstić information content (AvgIpc) is 2.60. The van der Waals surface area contributed by atoms with Crippen LogP contribution in [0.3, 0.4) is 0 Å². The van der Waals surface area contributed by atoms with Crippen molar-refractivity contribution in [2.45, 2.75) is 39.0 Å². The molecule has 1 aliphatic heterocycles. The van der Waals surface area contributed by atoms with Crippen molar-refractivity contribution in [3.8, 4) is 12.3 Å². The third kappa shape index (κ3) is 1.69. The van der Waals surface area contributed by atoms with E-state index < -0.39 is 0 Å². The Balaban J connectivity index is 2.51. The molecular formula is C16H19N. The second-order valence-electron chi connectivity index (χ2n) is 4.92. The molecule has 0 bridgehead atoms. The van der Waals surface area contributed by atoms with Gasteiger partial charge in [-0.2, -0.15) is 0 Å². The topological polar surface area (TPSA) is 12.4 Å². The minimum absolute atomic E-state index is 0.0820. The molecule has 2 rings (SSSR count). The van der Waals surface area contributed by atoms with Gasteiger partial charge in [0.15, 0.2) is 0 Å². The molecule has 1 aromatic rings. The highest BCUT2D eigenvalue weighted by Gasteiger charge is 2.42. The van der Waals surface area contributed by atoms with Crippen LogP contribution in [0.25, 0.3) is 0 Å². The van der Waals surface area contributed by atoms with E-state index >= 15 is 0 Å². The number of para-hydroxylation sites is 1. The van der Waals surface area contributed by atoms with Crippen LogP contribution in [-0.4, -0.2) is 5.71 Å². The van der Waals surface area contributed by atoms with Crippen LogP contribution in [0.15, 0.2) is 29.3 Å². The summed E-state index contributed by atoms with van der Waals surface area (Å²) in [7, 11) is 0. The predicted octanol–water partition coefficient (Wildman–Crippen LogP) is 4.10. The molecule has 0 saturated carbocycles. The third-order valence-corrected chi connectivity index (χ3v) is 3.98. The number of rotatable bonds is 3. The van der Waals surface area contributed by atoms with Crippen molar-refractivity contribution in [2.75, 3.05) is 0 Å². The van der Waals surface area contributed by atoms with Crippen molar-refractivity contribution in [3.63, 3.8) is 0 Å². The number of hydrogen-bond acceptors (Lipinski definition) is 1. The van der Waals surface area contributed by atoms with E-state index in [1.165, 1.54) is 5.56 Å². The van der Waals surface area contributed by atoms with Crippen molar-refractivity contribution < 1.29 is 0 Å². The lowest BCUT2D eigenvalue weighted by Gasteiger charge is -2.32. The van der Waals surface area contributed by atoms with E-state index in [-0.39, 0.29) is 11.3 Å². The van der Waals surface area contributed by atoms with Gasteiger partial charge in [0.2, 0.25) is 0 Å². The van der Waals surface area contributed by atoms with E-state index in [2.05, 4.69) is 49.9 Å². The number of hydrogen-bond donors (Lipinski definition) is 0. The molecule has 0 radical (unpaired) electrons. The fourth-order valence-corrected chi connectivity index (χ4v) is 2.77. The lowest BCUT2D eigenvalue weighted by Crippen LogP contribution is -2.36. The largest absolute Gasteiger partial charge is 0.257 e. The number of terminal acetylenes is 1. The Kier molecular flexibility index (Phi) is 3.07. The Morgan fingerprint density at radius 3 is 2.76 bits per heavy atom. The van der Waals surface area contributed by atoms with Gasteiger partial charge < -0.3 is 0 Å². The summed E-state index contributed by atoms with van der Waals surface area (Å²) in [6.07, 6.45) is 7.90. The van der Waals surface area contributed by atoms with Gasteiger partial charge in [0.25, 0.3) is 0 Å². The van der Waals surface area contributed by atoms with Crippen LogP contribution in [-0.2, 0) is 5.41 Å². The van der Waals surface area contributed by atoms with Crippen LogP contribution in [0, 0.1) is 18.3 Å². The molecule has 2 atom stereocenters. The van der Waals surface area contributed by atoms with Crippen LogP contribution in [0.2, 0.25) is 0 Å². The zero-order chi connectivity index (χ0) is 12.5. The molecule has 1 nitrogen and oxygen atoms in total. The number of benzene rings is 1. The number of fused-ring (bicyclic) bond motifs is 1. The van der Waals surface area contributed by atoms with Crippen LogP contribution < -0.4 is 0 Å². The van der Waals surface area contributed by atoms with Gasteiger partial charge in [0.05, 0.1) is 5.69 Å². The Morgan fingerprint density at radius 2 is 2.12 bits per heavy atom. The second-order valence-corrected chi connectivity index (χ2v) is 4.92. The van der Waals surface area contributed by atoms with Gasteiger partial charge in [0.1, 0.15) is 0 Å². The standard InChI is InChI=1S/C16H19N/c1-5-9-13(6-2)16(4)12(3)17-15-11-8-7-10-14(15)16/h2,7-8,10-11,13H,5,9H2,1,3-4H3. The van der Waals surface area contributed by atoms with E-state index in [9.17, 15) is 0 Å². The molecule has 0 saturated heterocycles. The molecule has 0 aliphatic carbocycles. The van der Waals surface area contributed by atoms with Crippen molar-refractivity contribution in [2.24, 2.45) is 10.9 Å². The Bertz CT molecular complexity index is 492. The molecule has 0 aromatic heterocycles. The molecule has 0 spiro atoms. The van der Waals surface area contributed by atoms with Gasteiger partial charge in [0, 0.05) is 17.0 Å². The van der Waals surface area contributed by atoms with Gasteiger partial charge in [-0.1, -0.05) is 31.5 Å². The molecule has 1 heterocycles. The van der Waals surface area contributed by atoms with Crippen molar-refractivity contribution in [1.82, 2.24) is 0 Å². The van der Waals surface area contributed by atoms with Crippen molar-refractivity contribution in [1.29, 1.82) is 0 Å². The highest BCUT2D eigenvalue weighted by Crippen LogP contribution is 2.45. The maximum atomic E-state index is 5.74. The first-order valence-electron chi connectivity index (χ1n) is 6.26. The van der Waals surface area contributed by atoms with Crippen molar-refractivity contribution in [3.05, 3.63) is 29.8 Å². The van der Waals surface area contributed by atoms with E-state index in [1.54, 1.807) is 0 Å². The SMILES string of the molecule is C#CC(CCC)C1(C)C(C)=Nc2ccccc21. The van der Waals surface area contributed by atoms with Crippen LogP contribution in [0.1, 0.15) is 39.2 Å². The summed E-state index contributed by atoms with van der Waals surface area (Å²) < 4.78 is 0. The minimum atomic E-state index is -0.0820. The lowest BCUT2D eigenvalue weighted by molar-refractivity contribution is 0.446. The summed E-state index contributed by atoms with van der Waals surface area (Å²) in [5, 5.41) is 0. The smallest absolute Gasteiger partial charge is 0.0671 e. The predicted molar refractivity (Wildman–Crippen MR) is 73.8 cm³/mol. The number of aliphatic imine (C=N–C) groups is 1. The monoisotopic (exact) mass is 225 g/mol. The highest BCUT2D eigenvalue weighted by molar-refractivity contribution is 6.00. The number of nitrogens with zero attached hydrogens (tertiary/aromatic N) is 1. The molecule has 17 heavy (non-hydrogen) atoms. The first-order valence-corrected chi connectivity index (χ1v) is 6.26. The Morgan fingerprint density at radius 1 is 1.41 bits per heavy atom. The van der Waals surface area contributed by atoms with E-state index in [0.29, 0.717) is 0 Å². The van der Waals surface area contributed by atoms with Gasteiger partial charge in [-0.25, -0.2) is 0 Å². The Labute approximate surface area is 104 Å². The molecule has 1 aromatic carbocycles. The van der Waals surface area contributed by atoms with Gasteiger partial charge in [-0.3, -0.25) is 4.99 Å². The molecule has 1 aliphatic rings. The quantitative estimate of drug-likeness (QED) is 0.687. The van der Waals surface area contributed by atoms with Crippen LogP contribution in [0.5, 0.6) is 0 Å². The fourth-order valence-electron chi connectivity index (χ4n) is 2.77. The maximum absolute atomic E-state index is 5.74. The van der Waals surface area contributed by atoms with Gasteiger partial charge >= 0.3 is 0 Å². The third-order valence-electron chi connectivity index (χ3n) is 3.98. The molecule has 1 heteroatoms. The second kappa shape index (κ2) is 4.37. The molecular weight excluding hydrogens is 206 g/mol. The first kappa shape index (κ1) is 11.9. The summed E-state index contributed by atoms with van der Waals surface area (Å²) in [5.41, 5.74) is 3.44. The summed E-state index contributed by atoms with van der Waals surface area (Å²) in [4.78, 5) is 4.68. The molecule has 0 fully saturated rings. The van der Waals surface area contributed by atoms with Crippen LogP contribution >= 0.6 is 0 Å². The summed E-state index contributed by atoms with van der Waals surface area (Å²) in [5.74, 6) is 3.21. The summed E-state index contributed by atoms with van der Waals surface area (Å²) in [6, 6.07) is 8.34. The molecule has 0 N–H and O–H groups in total. The first-order chi connectivity index (χ1) is 8.14. The van der Waals surface area contributed by atoms with Crippen molar-refractivity contribution >= 4 is 11.4 Å². The normalized spacial score (nSPS) is 23.8. The van der Waals surface area contributed by atoms with E-state index in [0.717, 1.165) is 24.2 Å². The van der Waals surface area contributed by atoms with Crippen LogP contribution in [0.4, 0.5) is 5.69 Å². The fraction of sp³-hybridized carbons (Fsp3) is 0.438. The van der Waals surface area contributed by atoms with Gasteiger partial charge in [-0.05, 0) is 31.9 Å². The summed E-state index contributed by atoms with van der Waals surface area (Å²) >= 11 is 0. The average molecular weight is 225 g/mol. The molecule has 88 valence electrons. The highest BCUT2D eigenvalue weighted by atomic mass is 14.8. The molecule has 2 unspecified atom stereocenters. The van der Waals surface area contributed by atoms with Gasteiger partial charge in [-0.15, -0.1) is 12.3 Å². The molecule has 0 amide bonds. The lowest BCUT2D eigenvalue weighted by atomic mass is 9.68. The zero-order valence-electron chi connectivity index (χ0n) is 10.8.